The van der Waals surface area contributed by atoms with Crippen molar-refractivity contribution in [1.29, 1.82) is 0 Å². The van der Waals surface area contributed by atoms with E-state index >= 15 is 0 Å². The van der Waals surface area contributed by atoms with E-state index in [0.717, 1.165) is 15.6 Å². The van der Waals surface area contributed by atoms with Gasteiger partial charge in [-0.25, -0.2) is 0 Å². The van der Waals surface area contributed by atoms with E-state index in [-0.39, 0.29) is 0 Å². The van der Waals surface area contributed by atoms with Crippen molar-refractivity contribution in [2.24, 2.45) is 0 Å². The maximum absolute atomic E-state index is 10.2. The Hall–Kier alpha value is -0.350. The van der Waals surface area contributed by atoms with Crippen LogP contribution in [-0.2, 0) is 0 Å². The van der Waals surface area contributed by atoms with Crippen LogP contribution in [0.15, 0.2) is 34.1 Å². The first-order valence-corrected chi connectivity index (χ1v) is 6.81. The van der Waals surface area contributed by atoms with Gasteiger partial charge in [-0.05, 0) is 57.6 Å². The molecule has 2 rings (SSSR count). The highest BCUT2D eigenvalue weighted by Gasteiger charge is 2.12. The summed E-state index contributed by atoms with van der Waals surface area (Å²) in [6.45, 7) is 2.02. The number of hydrogen-bond acceptors (Lipinski definition) is 2. The third kappa shape index (κ3) is 2.48. The molecule has 1 atom stereocenters. The minimum atomic E-state index is -0.601. The van der Waals surface area contributed by atoms with Gasteiger partial charge in [0.2, 0.25) is 0 Å². The van der Waals surface area contributed by atoms with E-state index in [0.29, 0.717) is 5.02 Å². The molecule has 4 heteroatoms. The average molecular weight is 318 g/mol. The molecule has 0 bridgehead atoms. The van der Waals surface area contributed by atoms with Crippen LogP contribution in [-0.4, -0.2) is 5.11 Å². The number of hydrogen-bond donors (Lipinski definition) is 1. The zero-order valence-corrected chi connectivity index (χ0v) is 11.7. The Kier molecular flexibility index (Phi) is 3.70. The van der Waals surface area contributed by atoms with Crippen LogP contribution in [0, 0.1) is 6.92 Å². The molecule has 0 aliphatic rings. The minimum absolute atomic E-state index is 0.601. The molecule has 0 fully saturated rings. The lowest BCUT2D eigenvalue weighted by Gasteiger charge is -2.10. The van der Waals surface area contributed by atoms with Crippen LogP contribution in [0.5, 0.6) is 0 Å². The summed E-state index contributed by atoms with van der Waals surface area (Å²) in [5.41, 5.74) is 1.73. The number of benzene rings is 1. The van der Waals surface area contributed by atoms with Crippen LogP contribution in [0.4, 0.5) is 0 Å². The van der Waals surface area contributed by atoms with Gasteiger partial charge in [-0.15, -0.1) is 11.3 Å². The van der Waals surface area contributed by atoms with Crippen LogP contribution in [0.3, 0.4) is 0 Å². The summed E-state index contributed by atoms with van der Waals surface area (Å²) < 4.78 is 0.839. The molecule has 1 nitrogen and oxygen atoms in total. The average Bonchev–Trinajstić information content (AvgIpc) is 2.68. The summed E-state index contributed by atoms with van der Waals surface area (Å²) in [6.07, 6.45) is -0.601. The number of aliphatic hydroxyl groups is 1. The Labute approximate surface area is 112 Å². The van der Waals surface area contributed by atoms with Crippen molar-refractivity contribution in [2.75, 3.05) is 0 Å². The summed E-state index contributed by atoms with van der Waals surface area (Å²) >= 11 is 11.0. The van der Waals surface area contributed by atoms with E-state index in [1.54, 1.807) is 17.4 Å². The molecule has 1 aromatic heterocycles. The van der Waals surface area contributed by atoms with Gasteiger partial charge in [0.05, 0.1) is 5.02 Å². The Balaban J connectivity index is 2.33. The van der Waals surface area contributed by atoms with Crippen LogP contribution >= 0.6 is 38.9 Å². The van der Waals surface area contributed by atoms with Crippen molar-refractivity contribution >= 4 is 38.9 Å². The molecule has 0 amide bonds. The van der Waals surface area contributed by atoms with E-state index in [4.69, 9.17) is 11.6 Å². The van der Waals surface area contributed by atoms with Gasteiger partial charge in [-0.3, -0.25) is 0 Å². The molecule has 1 N–H and O–H groups in total. The number of rotatable bonds is 2. The molecule has 0 spiro atoms. The summed E-state index contributed by atoms with van der Waals surface area (Å²) in [4.78, 5) is 1.19. The SMILES string of the molecule is Cc1cc(C(O)c2ccc(Br)c(Cl)c2)cs1. The Bertz CT molecular complexity index is 509. The number of halogens is 2. The first kappa shape index (κ1) is 12.1. The normalized spacial score (nSPS) is 12.8. The van der Waals surface area contributed by atoms with E-state index < -0.39 is 6.10 Å². The second-order valence-electron chi connectivity index (χ2n) is 3.57. The lowest BCUT2D eigenvalue weighted by atomic mass is 10.0. The van der Waals surface area contributed by atoms with Crippen molar-refractivity contribution in [3.05, 3.63) is 55.1 Å². The molecule has 2 aromatic rings. The summed E-state index contributed by atoms with van der Waals surface area (Å²) in [6, 6.07) is 7.49. The number of thiophene rings is 1. The number of aliphatic hydroxyl groups excluding tert-OH is 1. The van der Waals surface area contributed by atoms with Crippen LogP contribution in [0.2, 0.25) is 5.02 Å². The zero-order valence-electron chi connectivity index (χ0n) is 8.58. The lowest BCUT2D eigenvalue weighted by Crippen LogP contribution is -1.97. The van der Waals surface area contributed by atoms with Gasteiger partial charge in [-0.2, -0.15) is 0 Å². The predicted molar refractivity (Wildman–Crippen MR) is 72.3 cm³/mol. The molecule has 0 saturated heterocycles. The van der Waals surface area contributed by atoms with Gasteiger partial charge < -0.3 is 5.11 Å². The molecule has 0 aliphatic heterocycles. The summed E-state index contributed by atoms with van der Waals surface area (Å²) in [5, 5.41) is 12.7. The van der Waals surface area contributed by atoms with Gasteiger partial charge in [-0.1, -0.05) is 17.7 Å². The number of aryl methyl sites for hydroxylation is 1. The fourth-order valence-corrected chi connectivity index (χ4v) is 2.64. The predicted octanol–water partition coefficient (Wildman–Crippen LogP) is 4.55. The topological polar surface area (TPSA) is 20.2 Å². The summed E-state index contributed by atoms with van der Waals surface area (Å²) in [7, 11) is 0. The van der Waals surface area contributed by atoms with Crippen molar-refractivity contribution < 1.29 is 5.11 Å². The fraction of sp³-hybridized carbons (Fsp3) is 0.167. The molecular formula is C12H10BrClOS. The third-order valence-corrected chi connectivity index (χ3v) is 4.44. The van der Waals surface area contributed by atoms with Gasteiger partial charge >= 0.3 is 0 Å². The van der Waals surface area contributed by atoms with E-state index in [2.05, 4.69) is 15.9 Å². The Morgan fingerprint density at radius 2 is 2.06 bits per heavy atom. The van der Waals surface area contributed by atoms with Gasteiger partial charge in [0, 0.05) is 9.35 Å². The minimum Gasteiger partial charge on any atom is -0.384 e. The maximum atomic E-state index is 10.2. The Morgan fingerprint density at radius 1 is 1.31 bits per heavy atom. The molecule has 0 saturated carbocycles. The Morgan fingerprint density at radius 3 is 2.62 bits per heavy atom. The first-order chi connectivity index (χ1) is 7.58. The van der Waals surface area contributed by atoms with Crippen molar-refractivity contribution in [2.45, 2.75) is 13.0 Å². The molecule has 16 heavy (non-hydrogen) atoms. The smallest absolute Gasteiger partial charge is 0.105 e. The largest absolute Gasteiger partial charge is 0.384 e. The quantitative estimate of drug-likeness (QED) is 0.861. The highest BCUT2D eigenvalue weighted by atomic mass is 79.9. The molecule has 1 heterocycles. The van der Waals surface area contributed by atoms with Crippen molar-refractivity contribution in [1.82, 2.24) is 0 Å². The highest BCUT2D eigenvalue weighted by molar-refractivity contribution is 9.10. The van der Waals surface area contributed by atoms with Crippen molar-refractivity contribution in [3.8, 4) is 0 Å². The maximum Gasteiger partial charge on any atom is 0.105 e. The van der Waals surface area contributed by atoms with Gasteiger partial charge in [0.15, 0.2) is 0 Å². The van der Waals surface area contributed by atoms with E-state index in [1.807, 2.05) is 30.5 Å². The highest BCUT2D eigenvalue weighted by Crippen LogP contribution is 2.30. The van der Waals surface area contributed by atoms with Crippen molar-refractivity contribution in [3.63, 3.8) is 0 Å². The molecule has 84 valence electrons. The summed E-state index contributed by atoms with van der Waals surface area (Å²) in [5.74, 6) is 0. The second-order valence-corrected chi connectivity index (χ2v) is 5.94. The molecule has 0 radical (unpaired) electrons. The monoisotopic (exact) mass is 316 g/mol. The van der Waals surface area contributed by atoms with Crippen LogP contribution in [0.25, 0.3) is 0 Å². The zero-order chi connectivity index (χ0) is 11.7. The standard InChI is InChI=1S/C12H10BrClOS/c1-7-4-9(6-16-7)12(15)8-2-3-10(13)11(14)5-8/h2-6,12,15H,1H3. The molecule has 1 aromatic carbocycles. The third-order valence-electron chi connectivity index (χ3n) is 2.33. The van der Waals surface area contributed by atoms with Gasteiger partial charge in [0.25, 0.3) is 0 Å². The first-order valence-electron chi connectivity index (χ1n) is 4.76. The van der Waals surface area contributed by atoms with Crippen LogP contribution in [0.1, 0.15) is 22.1 Å². The van der Waals surface area contributed by atoms with Gasteiger partial charge in [0.1, 0.15) is 6.10 Å². The van der Waals surface area contributed by atoms with Crippen LogP contribution < -0.4 is 0 Å². The fourth-order valence-electron chi connectivity index (χ4n) is 1.48. The lowest BCUT2D eigenvalue weighted by molar-refractivity contribution is 0.221. The molecule has 0 aliphatic carbocycles. The second kappa shape index (κ2) is 4.88. The van der Waals surface area contributed by atoms with E-state index in [9.17, 15) is 5.11 Å². The molecule has 1 unspecified atom stereocenters. The van der Waals surface area contributed by atoms with E-state index in [1.165, 1.54) is 4.88 Å². The molecular weight excluding hydrogens is 308 g/mol.